The fourth-order valence-electron chi connectivity index (χ4n) is 1.52. The maximum absolute atomic E-state index is 11.8. The summed E-state index contributed by atoms with van der Waals surface area (Å²) in [6, 6.07) is 4.63. The molecular formula is C14H20N2O4. The lowest BCUT2D eigenvalue weighted by atomic mass is 10.2. The van der Waals surface area contributed by atoms with Crippen LogP contribution in [0.1, 0.15) is 30.6 Å². The van der Waals surface area contributed by atoms with Crippen LogP contribution in [-0.4, -0.2) is 31.6 Å². The Labute approximate surface area is 118 Å². The van der Waals surface area contributed by atoms with E-state index in [1.54, 1.807) is 6.07 Å². The molecule has 0 spiro atoms. The van der Waals surface area contributed by atoms with Gasteiger partial charge in [-0.2, -0.15) is 0 Å². The van der Waals surface area contributed by atoms with E-state index >= 15 is 0 Å². The quantitative estimate of drug-likeness (QED) is 0.581. The molecule has 110 valence electrons. The second-order valence-electron chi connectivity index (χ2n) is 4.15. The van der Waals surface area contributed by atoms with E-state index in [1.807, 2.05) is 13.8 Å². The van der Waals surface area contributed by atoms with Crippen molar-refractivity contribution in [1.82, 2.24) is 5.32 Å². The Balaban J connectivity index is 2.60. The topological polar surface area (TPSA) is 90.7 Å². The lowest BCUT2D eigenvalue weighted by Gasteiger charge is -2.08. The molecule has 6 heteroatoms. The zero-order chi connectivity index (χ0) is 15.0. The predicted octanol–water partition coefficient (Wildman–Crippen LogP) is 1.35. The first-order valence-electron chi connectivity index (χ1n) is 6.54. The smallest absolute Gasteiger partial charge is 0.338 e. The van der Waals surface area contributed by atoms with Crippen LogP contribution in [0.5, 0.6) is 5.75 Å². The molecule has 3 N–H and O–H groups in total. The number of hydrogen-bond donors (Lipinski definition) is 2. The van der Waals surface area contributed by atoms with Crippen LogP contribution in [0, 0.1) is 0 Å². The number of rotatable bonds is 7. The van der Waals surface area contributed by atoms with E-state index in [2.05, 4.69) is 5.32 Å². The van der Waals surface area contributed by atoms with Crippen molar-refractivity contribution in [2.45, 2.75) is 20.3 Å². The summed E-state index contributed by atoms with van der Waals surface area (Å²) in [5.74, 6) is -0.436. The highest BCUT2D eigenvalue weighted by Crippen LogP contribution is 2.19. The third-order valence-corrected chi connectivity index (χ3v) is 2.38. The Morgan fingerprint density at radius 1 is 1.25 bits per heavy atom. The van der Waals surface area contributed by atoms with Gasteiger partial charge in [0, 0.05) is 18.3 Å². The van der Waals surface area contributed by atoms with Gasteiger partial charge < -0.3 is 20.5 Å². The minimum atomic E-state index is -0.607. The van der Waals surface area contributed by atoms with Gasteiger partial charge in [-0.05, 0) is 25.5 Å². The van der Waals surface area contributed by atoms with Gasteiger partial charge >= 0.3 is 5.97 Å². The number of esters is 1. The molecule has 0 heterocycles. The number of anilines is 1. The average Bonchev–Trinajstić information content (AvgIpc) is 2.42. The number of nitrogens with one attached hydrogen (secondary N) is 1. The molecule has 1 amide bonds. The van der Waals surface area contributed by atoms with Crippen LogP contribution in [0.25, 0.3) is 0 Å². The maximum atomic E-state index is 11.8. The molecule has 0 fully saturated rings. The molecule has 0 aliphatic heterocycles. The summed E-state index contributed by atoms with van der Waals surface area (Å²) >= 11 is 0. The minimum Gasteiger partial charge on any atom is -0.494 e. The molecule has 6 nitrogen and oxygen atoms in total. The van der Waals surface area contributed by atoms with E-state index in [0.717, 1.165) is 6.42 Å². The van der Waals surface area contributed by atoms with Gasteiger partial charge in [-0.15, -0.1) is 0 Å². The van der Waals surface area contributed by atoms with Crippen molar-refractivity contribution in [3.05, 3.63) is 23.8 Å². The fourth-order valence-corrected chi connectivity index (χ4v) is 1.52. The Bertz CT molecular complexity index is 474. The summed E-state index contributed by atoms with van der Waals surface area (Å²) in [6.45, 7) is 4.49. The summed E-state index contributed by atoms with van der Waals surface area (Å²) in [5, 5.41) is 2.62. The van der Waals surface area contributed by atoms with Crippen LogP contribution < -0.4 is 15.8 Å². The predicted molar refractivity (Wildman–Crippen MR) is 75.6 cm³/mol. The van der Waals surface area contributed by atoms with Gasteiger partial charge in [0.25, 0.3) is 5.91 Å². The van der Waals surface area contributed by atoms with Crippen LogP contribution in [0.3, 0.4) is 0 Å². The Hall–Kier alpha value is -2.24. The zero-order valence-electron chi connectivity index (χ0n) is 11.8. The van der Waals surface area contributed by atoms with Crippen LogP contribution in [0.2, 0.25) is 0 Å². The maximum Gasteiger partial charge on any atom is 0.338 e. The van der Waals surface area contributed by atoms with Gasteiger partial charge in [-0.1, -0.05) is 6.92 Å². The fraction of sp³-hybridized carbons (Fsp3) is 0.429. The average molecular weight is 280 g/mol. The standard InChI is InChI=1S/C14H20N2O4/c1-3-5-16-13(17)9-20-14(18)10-6-11(15)8-12(7-10)19-4-2/h6-8H,3-5,9,15H2,1-2H3,(H,16,17). The SMILES string of the molecule is CCCNC(=O)COC(=O)c1cc(N)cc(OCC)c1. The second-order valence-corrected chi connectivity index (χ2v) is 4.15. The number of hydrogen-bond acceptors (Lipinski definition) is 5. The molecule has 1 rings (SSSR count). The molecule has 0 bridgehead atoms. The van der Waals surface area contributed by atoms with Gasteiger partial charge in [0.05, 0.1) is 12.2 Å². The number of amides is 1. The van der Waals surface area contributed by atoms with Gasteiger partial charge in [0.15, 0.2) is 6.61 Å². The molecule has 0 aromatic heterocycles. The van der Waals surface area contributed by atoms with Crippen molar-refractivity contribution in [2.24, 2.45) is 0 Å². The molecule has 0 atom stereocenters. The third-order valence-electron chi connectivity index (χ3n) is 2.38. The minimum absolute atomic E-state index is 0.261. The lowest BCUT2D eigenvalue weighted by Crippen LogP contribution is -2.29. The summed E-state index contributed by atoms with van der Waals surface area (Å²) in [6.07, 6.45) is 0.826. The van der Waals surface area contributed by atoms with Crippen LogP contribution in [0.4, 0.5) is 5.69 Å². The van der Waals surface area contributed by atoms with Crippen LogP contribution in [-0.2, 0) is 9.53 Å². The first kappa shape index (κ1) is 15.8. The summed E-state index contributed by atoms with van der Waals surface area (Å²) in [4.78, 5) is 23.2. The summed E-state index contributed by atoms with van der Waals surface area (Å²) in [7, 11) is 0. The largest absolute Gasteiger partial charge is 0.494 e. The molecule has 20 heavy (non-hydrogen) atoms. The number of carbonyl (C=O) groups is 2. The van der Waals surface area contributed by atoms with Crippen molar-refractivity contribution in [3.63, 3.8) is 0 Å². The van der Waals surface area contributed by atoms with E-state index < -0.39 is 5.97 Å². The molecule has 0 saturated heterocycles. The van der Waals surface area contributed by atoms with Crippen molar-refractivity contribution in [3.8, 4) is 5.75 Å². The monoisotopic (exact) mass is 280 g/mol. The van der Waals surface area contributed by atoms with Crippen molar-refractivity contribution in [1.29, 1.82) is 0 Å². The van der Waals surface area contributed by atoms with Crippen molar-refractivity contribution >= 4 is 17.6 Å². The first-order chi connectivity index (χ1) is 9.56. The van der Waals surface area contributed by atoms with E-state index in [-0.39, 0.29) is 18.1 Å². The van der Waals surface area contributed by atoms with Crippen LogP contribution >= 0.6 is 0 Å². The molecule has 0 radical (unpaired) electrons. The number of ether oxygens (including phenoxy) is 2. The van der Waals surface area contributed by atoms with Gasteiger partial charge in [-0.3, -0.25) is 4.79 Å². The van der Waals surface area contributed by atoms with E-state index in [4.69, 9.17) is 15.2 Å². The van der Waals surface area contributed by atoms with Crippen molar-refractivity contribution in [2.75, 3.05) is 25.5 Å². The van der Waals surface area contributed by atoms with E-state index in [9.17, 15) is 9.59 Å². The number of benzene rings is 1. The normalized spacial score (nSPS) is 9.90. The Kier molecular flexibility index (Phi) is 6.36. The number of nitrogens with two attached hydrogens (primary N) is 1. The Morgan fingerprint density at radius 2 is 2.00 bits per heavy atom. The van der Waals surface area contributed by atoms with E-state index in [1.165, 1.54) is 12.1 Å². The van der Waals surface area contributed by atoms with Gasteiger partial charge in [0.2, 0.25) is 0 Å². The molecule has 1 aromatic carbocycles. The van der Waals surface area contributed by atoms with Crippen molar-refractivity contribution < 1.29 is 19.1 Å². The van der Waals surface area contributed by atoms with E-state index in [0.29, 0.717) is 24.6 Å². The molecular weight excluding hydrogens is 260 g/mol. The first-order valence-corrected chi connectivity index (χ1v) is 6.54. The molecule has 0 aliphatic carbocycles. The molecule has 0 aliphatic rings. The summed E-state index contributed by atoms with van der Waals surface area (Å²) in [5.41, 5.74) is 6.34. The molecule has 1 aromatic rings. The Morgan fingerprint density at radius 3 is 2.65 bits per heavy atom. The highest BCUT2D eigenvalue weighted by Gasteiger charge is 2.12. The van der Waals surface area contributed by atoms with Crippen LogP contribution in [0.15, 0.2) is 18.2 Å². The molecule has 0 saturated carbocycles. The number of carbonyl (C=O) groups excluding carboxylic acids is 2. The summed E-state index contributed by atoms with van der Waals surface area (Å²) < 4.78 is 10.2. The third kappa shape index (κ3) is 5.17. The highest BCUT2D eigenvalue weighted by atomic mass is 16.5. The zero-order valence-corrected chi connectivity index (χ0v) is 11.8. The number of nitrogen functional groups attached to an aromatic ring is 1. The lowest BCUT2D eigenvalue weighted by molar-refractivity contribution is -0.124. The van der Waals surface area contributed by atoms with Gasteiger partial charge in [0.1, 0.15) is 5.75 Å². The van der Waals surface area contributed by atoms with Gasteiger partial charge in [-0.25, -0.2) is 4.79 Å². The second kappa shape index (κ2) is 8.04. The highest BCUT2D eigenvalue weighted by molar-refractivity contribution is 5.92. The molecule has 0 unspecified atom stereocenters.